The van der Waals surface area contributed by atoms with Crippen LogP contribution in [0.2, 0.25) is 0 Å². The van der Waals surface area contributed by atoms with Gasteiger partial charge < -0.3 is 10.4 Å². The summed E-state index contributed by atoms with van der Waals surface area (Å²) in [7, 11) is 1.93. The summed E-state index contributed by atoms with van der Waals surface area (Å²) in [4.78, 5) is 5.07. The van der Waals surface area contributed by atoms with Gasteiger partial charge in [0.15, 0.2) is 5.65 Å². The molecule has 6 aromatic rings. The summed E-state index contributed by atoms with van der Waals surface area (Å²) in [6.45, 7) is 7.96. The van der Waals surface area contributed by atoms with Crippen LogP contribution in [0.25, 0.3) is 38.9 Å². The van der Waals surface area contributed by atoms with E-state index in [1.54, 1.807) is 0 Å². The normalized spacial score (nSPS) is 16.3. The number of aryl methyl sites for hydroxylation is 1. The molecule has 2 N–H and O–H groups in total. The van der Waals surface area contributed by atoms with Gasteiger partial charge in [0.05, 0.1) is 41.3 Å². The number of hydrogen-bond donors (Lipinski definition) is 2. The van der Waals surface area contributed by atoms with Gasteiger partial charge in [-0.25, -0.2) is 9.67 Å². The minimum atomic E-state index is -0.644. The molecule has 0 bridgehead atoms. The highest BCUT2D eigenvalue weighted by Gasteiger charge is 2.27. The molecule has 9 heteroatoms. The van der Waals surface area contributed by atoms with Crippen molar-refractivity contribution < 1.29 is 5.11 Å². The molecule has 0 radical (unpaired) electrons. The Balaban J connectivity index is 1.36. The zero-order chi connectivity index (χ0) is 29.0. The van der Waals surface area contributed by atoms with E-state index in [0.29, 0.717) is 6.54 Å². The Morgan fingerprint density at radius 3 is 2.62 bits per heavy atom. The van der Waals surface area contributed by atoms with Crippen molar-refractivity contribution in [3.63, 3.8) is 0 Å². The first-order valence-corrected chi connectivity index (χ1v) is 14.7. The maximum absolute atomic E-state index is 10.9. The molecule has 2 atom stereocenters. The largest absolute Gasteiger partial charge is 0.386 e. The van der Waals surface area contributed by atoms with Crippen molar-refractivity contribution >= 4 is 21.9 Å². The molecular formula is C33H36N8O. The van der Waals surface area contributed by atoms with E-state index in [1.807, 2.05) is 71.3 Å². The fourth-order valence-electron chi connectivity index (χ4n) is 6.41. The number of benzene rings is 2. The van der Waals surface area contributed by atoms with Crippen molar-refractivity contribution in [2.24, 2.45) is 7.05 Å². The second kappa shape index (κ2) is 10.5. The predicted molar refractivity (Wildman–Crippen MR) is 165 cm³/mol. The Morgan fingerprint density at radius 1 is 1.02 bits per heavy atom. The van der Waals surface area contributed by atoms with Gasteiger partial charge >= 0.3 is 0 Å². The zero-order valence-corrected chi connectivity index (χ0v) is 24.5. The molecule has 5 heterocycles. The molecule has 1 unspecified atom stereocenters. The summed E-state index contributed by atoms with van der Waals surface area (Å²) in [5.74, 6) is 0.252. The Hall–Kier alpha value is -4.34. The average Bonchev–Trinajstić information content (AvgIpc) is 3.77. The monoisotopic (exact) mass is 560 g/mol. The molecule has 4 aromatic heterocycles. The molecule has 214 valence electrons. The van der Waals surface area contributed by atoms with Gasteiger partial charge in [0, 0.05) is 47.0 Å². The fourth-order valence-corrected chi connectivity index (χ4v) is 6.41. The lowest BCUT2D eigenvalue weighted by atomic mass is 9.95. The van der Waals surface area contributed by atoms with Crippen LogP contribution in [0.4, 0.5) is 0 Å². The molecule has 2 aromatic carbocycles. The molecule has 42 heavy (non-hydrogen) atoms. The number of hydrogen-bond acceptors (Lipinski definition) is 6. The van der Waals surface area contributed by atoms with E-state index in [0.717, 1.165) is 75.2 Å². The van der Waals surface area contributed by atoms with Crippen LogP contribution in [0, 0.1) is 6.92 Å². The van der Waals surface area contributed by atoms with Crippen LogP contribution in [0.1, 0.15) is 67.3 Å². The van der Waals surface area contributed by atoms with Crippen molar-refractivity contribution in [2.45, 2.75) is 58.2 Å². The number of aliphatic hydroxyl groups is 1. The second-order valence-corrected chi connectivity index (χ2v) is 11.7. The molecule has 9 nitrogen and oxygen atoms in total. The lowest BCUT2D eigenvalue weighted by Crippen LogP contribution is -2.18. The summed E-state index contributed by atoms with van der Waals surface area (Å²) in [6, 6.07) is 18.3. The molecule has 0 amide bonds. The molecule has 7 rings (SSSR count). The van der Waals surface area contributed by atoms with Gasteiger partial charge in [0.2, 0.25) is 0 Å². The highest BCUT2D eigenvalue weighted by atomic mass is 16.3. The van der Waals surface area contributed by atoms with Crippen molar-refractivity contribution in [3.8, 4) is 16.9 Å². The lowest BCUT2D eigenvalue weighted by Gasteiger charge is -2.16. The highest BCUT2D eigenvalue weighted by molar-refractivity contribution is 5.94. The molecule has 0 aliphatic carbocycles. The smallest absolute Gasteiger partial charge is 0.181 e. The van der Waals surface area contributed by atoms with E-state index in [1.165, 1.54) is 5.56 Å². The van der Waals surface area contributed by atoms with Gasteiger partial charge in [0.1, 0.15) is 0 Å². The van der Waals surface area contributed by atoms with E-state index >= 15 is 0 Å². The number of aromatic nitrogens is 7. The number of fused-ring (bicyclic) bond motifs is 2. The van der Waals surface area contributed by atoms with Gasteiger partial charge in [-0.15, -0.1) is 0 Å². The van der Waals surface area contributed by atoms with E-state index in [-0.39, 0.29) is 12.0 Å². The van der Waals surface area contributed by atoms with Gasteiger partial charge in [-0.3, -0.25) is 9.36 Å². The van der Waals surface area contributed by atoms with Crippen LogP contribution in [0.3, 0.4) is 0 Å². The van der Waals surface area contributed by atoms with E-state index in [4.69, 9.17) is 15.2 Å². The Labute approximate surface area is 244 Å². The van der Waals surface area contributed by atoms with Crippen LogP contribution < -0.4 is 5.32 Å². The van der Waals surface area contributed by atoms with Gasteiger partial charge in [-0.2, -0.15) is 15.3 Å². The number of rotatable bonds is 7. The number of nitrogens with one attached hydrogen (secondary N) is 1. The van der Waals surface area contributed by atoms with E-state index in [2.05, 4.69) is 48.0 Å². The van der Waals surface area contributed by atoms with Crippen molar-refractivity contribution in [3.05, 3.63) is 89.5 Å². The molecule has 0 spiro atoms. The number of pyridine rings is 1. The van der Waals surface area contributed by atoms with Gasteiger partial charge in [-0.05, 0) is 49.9 Å². The van der Waals surface area contributed by atoms with Crippen LogP contribution >= 0.6 is 0 Å². The molecule has 1 aliphatic rings. The average molecular weight is 561 g/mol. The predicted octanol–water partition coefficient (Wildman–Crippen LogP) is 5.76. The quantitative estimate of drug-likeness (QED) is 0.258. The summed E-state index contributed by atoms with van der Waals surface area (Å²) in [5.41, 5.74) is 8.80. The summed E-state index contributed by atoms with van der Waals surface area (Å²) < 4.78 is 5.75. The Bertz CT molecular complexity index is 1890. The van der Waals surface area contributed by atoms with Crippen LogP contribution in [-0.2, 0) is 13.6 Å². The van der Waals surface area contributed by atoms with Crippen LogP contribution in [0.5, 0.6) is 0 Å². The maximum Gasteiger partial charge on any atom is 0.181 e. The number of nitrogens with zero attached hydrogens (tertiary/aromatic N) is 7. The second-order valence-electron chi connectivity index (χ2n) is 11.7. The lowest BCUT2D eigenvalue weighted by molar-refractivity contribution is 0.152. The maximum atomic E-state index is 10.9. The van der Waals surface area contributed by atoms with Crippen molar-refractivity contribution in [1.82, 2.24) is 39.6 Å². The summed E-state index contributed by atoms with van der Waals surface area (Å²) >= 11 is 0. The summed E-state index contributed by atoms with van der Waals surface area (Å²) in [6.07, 6.45) is 5.56. The van der Waals surface area contributed by atoms with E-state index in [9.17, 15) is 5.11 Å². The van der Waals surface area contributed by atoms with Gasteiger partial charge in [0.25, 0.3) is 0 Å². The minimum absolute atomic E-state index is 0.165. The molecular weight excluding hydrogens is 524 g/mol. The third kappa shape index (κ3) is 4.59. The summed E-state index contributed by atoms with van der Waals surface area (Å²) in [5, 5.41) is 31.3. The SMILES string of the molecule is Cc1c(C(C)C)c(-c2cccc3nn(C[C@H](O)c4ccccc4)cc23)nn1-c1cc2cn(C)nc2nc1C1CCCN1. The number of aliphatic hydroxyl groups excluding tert-OH is 1. The first-order valence-electron chi connectivity index (χ1n) is 14.7. The molecule has 1 aliphatic heterocycles. The first-order chi connectivity index (χ1) is 20.4. The third-order valence-corrected chi connectivity index (χ3v) is 8.37. The minimum Gasteiger partial charge on any atom is -0.386 e. The fraction of sp³-hybridized carbons (Fsp3) is 0.333. The molecule has 1 saturated heterocycles. The first kappa shape index (κ1) is 26.6. The Morgan fingerprint density at radius 2 is 1.86 bits per heavy atom. The van der Waals surface area contributed by atoms with Crippen LogP contribution in [-0.4, -0.2) is 46.0 Å². The van der Waals surface area contributed by atoms with Crippen LogP contribution in [0.15, 0.2) is 67.0 Å². The Kier molecular flexibility index (Phi) is 6.63. The highest BCUT2D eigenvalue weighted by Crippen LogP contribution is 2.38. The topological polar surface area (TPSA) is 98.6 Å². The standard InChI is InChI=1S/C33H36N8O/c1-20(2)30-21(3)41(28-16-23-17-39(4)38-33(23)35-32(28)27-14-9-15-34-27)37-31(30)24-12-8-13-26-25(24)18-40(36-26)19-29(42)22-10-6-5-7-11-22/h5-8,10-13,16-18,20,27,29,34,42H,9,14-15,19H2,1-4H3/t27?,29-/m0/s1. The molecule has 1 fully saturated rings. The van der Waals surface area contributed by atoms with Crippen molar-refractivity contribution in [2.75, 3.05) is 6.54 Å². The van der Waals surface area contributed by atoms with Crippen molar-refractivity contribution in [1.29, 1.82) is 0 Å². The molecule has 0 saturated carbocycles. The van der Waals surface area contributed by atoms with E-state index < -0.39 is 6.10 Å². The zero-order valence-electron chi connectivity index (χ0n) is 24.5. The van der Waals surface area contributed by atoms with Gasteiger partial charge in [-0.1, -0.05) is 56.3 Å². The third-order valence-electron chi connectivity index (χ3n) is 8.37.